The van der Waals surface area contributed by atoms with Gasteiger partial charge in [-0.1, -0.05) is 51.1 Å². The molecule has 1 saturated heterocycles. The largest absolute Gasteiger partial charge is 0.458 e. The number of ether oxygens (including phenoxy) is 2. The Labute approximate surface area is 164 Å². The van der Waals surface area contributed by atoms with E-state index in [1.807, 2.05) is 37.3 Å². The van der Waals surface area contributed by atoms with Gasteiger partial charge in [-0.2, -0.15) is 0 Å². The molecule has 1 aliphatic heterocycles. The minimum Gasteiger partial charge on any atom is -0.458 e. The lowest BCUT2D eigenvalue weighted by Gasteiger charge is -2.34. The molecule has 27 heavy (non-hydrogen) atoms. The van der Waals surface area contributed by atoms with Crippen LogP contribution in [0.2, 0.25) is 0 Å². The maximum absolute atomic E-state index is 12.9. The van der Waals surface area contributed by atoms with Gasteiger partial charge in [-0.25, -0.2) is 0 Å². The van der Waals surface area contributed by atoms with Gasteiger partial charge in [0.15, 0.2) is 0 Å². The Hall–Kier alpha value is -1.43. The molecule has 0 unspecified atom stereocenters. The van der Waals surface area contributed by atoms with E-state index < -0.39 is 0 Å². The third-order valence-corrected chi connectivity index (χ3v) is 4.99. The molecule has 5 nitrogen and oxygen atoms in total. The second kappa shape index (κ2) is 11.4. The van der Waals surface area contributed by atoms with E-state index in [1.54, 1.807) is 0 Å². The molecular weight excluding hydrogens is 340 g/mol. The maximum Gasteiger partial charge on any atom is 0.313 e. The van der Waals surface area contributed by atoms with E-state index in [-0.39, 0.29) is 18.0 Å². The van der Waals surface area contributed by atoms with Gasteiger partial charge in [0, 0.05) is 39.3 Å². The van der Waals surface area contributed by atoms with Crippen LogP contribution in [0.25, 0.3) is 0 Å². The lowest BCUT2D eigenvalue weighted by Crippen LogP contribution is -2.48. The molecule has 0 radical (unpaired) electrons. The first-order chi connectivity index (χ1) is 13.0. The number of carbonyl (C=O) groups excluding carboxylic acids is 1. The molecule has 0 saturated carbocycles. The summed E-state index contributed by atoms with van der Waals surface area (Å²) >= 11 is 0. The summed E-state index contributed by atoms with van der Waals surface area (Å²) in [7, 11) is 2.15. The predicted octanol–water partition coefficient (Wildman–Crippen LogP) is 3.01. The molecule has 1 fully saturated rings. The number of piperazine rings is 1. The summed E-state index contributed by atoms with van der Waals surface area (Å²) in [5.41, 5.74) is 1.02. The average Bonchev–Trinajstić information content (AvgIpc) is 2.64. The van der Waals surface area contributed by atoms with E-state index in [0.717, 1.165) is 44.7 Å². The highest BCUT2D eigenvalue weighted by atomic mass is 16.6. The number of rotatable bonds is 10. The van der Waals surface area contributed by atoms with Crippen molar-refractivity contribution in [1.82, 2.24) is 9.80 Å². The molecule has 1 heterocycles. The van der Waals surface area contributed by atoms with Crippen LogP contribution in [0.3, 0.4) is 0 Å². The highest BCUT2D eigenvalue weighted by Gasteiger charge is 2.26. The van der Waals surface area contributed by atoms with Gasteiger partial charge in [-0.3, -0.25) is 9.69 Å². The van der Waals surface area contributed by atoms with Crippen molar-refractivity contribution in [1.29, 1.82) is 0 Å². The molecule has 0 N–H and O–H groups in total. The first-order valence-electron chi connectivity index (χ1n) is 10.2. The van der Waals surface area contributed by atoms with Crippen LogP contribution >= 0.6 is 0 Å². The van der Waals surface area contributed by atoms with Crippen molar-refractivity contribution in [3.05, 3.63) is 35.9 Å². The van der Waals surface area contributed by atoms with Crippen LogP contribution in [0.1, 0.15) is 38.7 Å². The fourth-order valence-electron chi connectivity index (χ4n) is 3.35. The third-order valence-electron chi connectivity index (χ3n) is 4.99. The molecule has 2 rings (SSSR count). The van der Waals surface area contributed by atoms with Crippen molar-refractivity contribution in [3.63, 3.8) is 0 Å². The molecular formula is C22H36N2O3. The monoisotopic (exact) mass is 376 g/mol. The normalized spacial score (nSPS) is 18.4. The Morgan fingerprint density at radius 2 is 1.74 bits per heavy atom. The van der Waals surface area contributed by atoms with E-state index in [2.05, 4.69) is 30.7 Å². The fraction of sp³-hybridized carbons (Fsp3) is 0.682. The van der Waals surface area contributed by atoms with Crippen molar-refractivity contribution in [3.8, 4) is 0 Å². The standard InChI is InChI=1S/C22H36N2O3/c1-5-21(19-9-7-6-8-10-19)22(25)27-20(17-26-16-18(2)3)15-24-13-11-23(4)12-14-24/h6-10,18,20-21H,5,11-17H2,1-4H3/t20-,21+/m1/s1. The van der Waals surface area contributed by atoms with Crippen LogP contribution < -0.4 is 0 Å². The van der Waals surface area contributed by atoms with Crippen molar-refractivity contribution in [2.45, 2.75) is 39.2 Å². The highest BCUT2D eigenvalue weighted by molar-refractivity contribution is 5.78. The van der Waals surface area contributed by atoms with Gasteiger partial charge in [-0.05, 0) is 24.9 Å². The summed E-state index contributed by atoms with van der Waals surface area (Å²) in [6.07, 6.45) is 0.508. The quantitative estimate of drug-likeness (QED) is 0.587. The van der Waals surface area contributed by atoms with E-state index in [4.69, 9.17) is 9.47 Å². The maximum atomic E-state index is 12.9. The number of carbonyl (C=O) groups is 1. The van der Waals surface area contributed by atoms with Crippen molar-refractivity contribution in [2.24, 2.45) is 5.92 Å². The van der Waals surface area contributed by atoms with Gasteiger partial charge < -0.3 is 14.4 Å². The Morgan fingerprint density at radius 1 is 1.07 bits per heavy atom. The number of nitrogens with zero attached hydrogens (tertiary/aromatic N) is 2. The van der Waals surface area contributed by atoms with Crippen molar-refractivity contribution in [2.75, 3.05) is 53.0 Å². The minimum absolute atomic E-state index is 0.143. The zero-order valence-electron chi connectivity index (χ0n) is 17.4. The second-order valence-corrected chi connectivity index (χ2v) is 7.97. The smallest absolute Gasteiger partial charge is 0.313 e. The lowest BCUT2D eigenvalue weighted by atomic mass is 9.97. The van der Waals surface area contributed by atoms with Crippen LogP contribution in [-0.2, 0) is 14.3 Å². The molecule has 1 aromatic rings. The molecule has 0 bridgehead atoms. The number of likely N-dealkylation sites (N-methyl/N-ethyl adjacent to an activating group) is 1. The Morgan fingerprint density at radius 3 is 2.33 bits per heavy atom. The summed E-state index contributed by atoms with van der Waals surface area (Å²) in [5, 5.41) is 0. The summed E-state index contributed by atoms with van der Waals surface area (Å²) in [4.78, 5) is 17.6. The molecule has 2 atom stereocenters. The molecule has 5 heteroatoms. The SMILES string of the molecule is CC[C@H](C(=O)O[C@@H](COCC(C)C)CN1CCN(C)CC1)c1ccccc1. The van der Waals surface area contributed by atoms with E-state index in [0.29, 0.717) is 19.1 Å². The number of hydrogen-bond acceptors (Lipinski definition) is 5. The average molecular weight is 377 g/mol. The summed E-state index contributed by atoms with van der Waals surface area (Å²) in [6, 6.07) is 9.91. The number of benzene rings is 1. The summed E-state index contributed by atoms with van der Waals surface area (Å²) in [6.45, 7) is 12.3. The van der Waals surface area contributed by atoms with E-state index in [9.17, 15) is 4.79 Å². The Balaban J connectivity index is 1.97. The molecule has 0 aromatic heterocycles. The first kappa shape index (κ1) is 21.9. The second-order valence-electron chi connectivity index (χ2n) is 7.97. The van der Waals surface area contributed by atoms with Gasteiger partial charge in [0.1, 0.15) is 6.10 Å². The van der Waals surface area contributed by atoms with Gasteiger partial charge >= 0.3 is 5.97 Å². The van der Waals surface area contributed by atoms with Crippen LogP contribution in [-0.4, -0.2) is 74.9 Å². The molecule has 0 aliphatic carbocycles. The zero-order chi connectivity index (χ0) is 19.6. The predicted molar refractivity (Wildman–Crippen MR) is 109 cm³/mol. The lowest BCUT2D eigenvalue weighted by molar-refractivity contribution is -0.155. The van der Waals surface area contributed by atoms with Crippen LogP contribution in [0.4, 0.5) is 0 Å². The Bertz CT molecular complexity index is 542. The highest BCUT2D eigenvalue weighted by Crippen LogP contribution is 2.22. The third kappa shape index (κ3) is 7.60. The van der Waals surface area contributed by atoms with E-state index >= 15 is 0 Å². The Kier molecular flexibility index (Phi) is 9.25. The zero-order valence-corrected chi connectivity index (χ0v) is 17.4. The van der Waals surface area contributed by atoms with Gasteiger partial charge in [0.05, 0.1) is 12.5 Å². The first-order valence-corrected chi connectivity index (χ1v) is 10.2. The minimum atomic E-state index is -0.225. The van der Waals surface area contributed by atoms with Gasteiger partial charge in [0.2, 0.25) is 0 Å². The summed E-state index contributed by atoms with van der Waals surface area (Å²) in [5.74, 6) is 0.111. The molecule has 1 aromatic carbocycles. The summed E-state index contributed by atoms with van der Waals surface area (Å²) < 4.78 is 11.8. The number of hydrogen-bond donors (Lipinski definition) is 0. The molecule has 0 spiro atoms. The van der Waals surface area contributed by atoms with Crippen molar-refractivity contribution < 1.29 is 14.3 Å². The van der Waals surface area contributed by atoms with Crippen LogP contribution in [0.5, 0.6) is 0 Å². The van der Waals surface area contributed by atoms with Crippen molar-refractivity contribution >= 4 is 5.97 Å². The molecule has 152 valence electrons. The fourth-order valence-corrected chi connectivity index (χ4v) is 3.35. The number of esters is 1. The molecule has 1 aliphatic rings. The van der Waals surface area contributed by atoms with Gasteiger partial charge in [-0.15, -0.1) is 0 Å². The van der Waals surface area contributed by atoms with Gasteiger partial charge in [0.25, 0.3) is 0 Å². The van der Waals surface area contributed by atoms with E-state index in [1.165, 1.54) is 0 Å². The van der Waals surface area contributed by atoms with Crippen LogP contribution in [0.15, 0.2) is 30.3 Å². The molecule has 0 amide bonds. The topological polar surface area (TPSA) is 42.0 Å². The van der Waals surface area contributed by atoms with Crippen LogP contribution in [0, 0.1) is 5.92 Å².